The van der Waals surface area contributed by atoms with Crippen LogP contribution in [0.5, 0.6) is 0 Å². The highest BCUT2D eigenvalue weighted by atomic mass is 79.9. The molecule has 46 heavy (non-hydrogen) atoms. The minimum atomic E-state index is -0.485. The fourth-order valence-electron chi connectivity index (χ4n) is 4.31. The molecule has 1 unspecified atom stereocenters. The largest absolute Gasteiger partial charge is 0.321 e. The van der Waals surface area contributed by atoms with Gasteiger partial charge in [0.2, 0.25) is 5.91 Å². The van der Waals surface area contributed by atoms with Crippen molar-refractivity contribution in [3.05, 3.63) is 134 Å². The zero-order chi connectivity index (χ0) is 32.5. The second-order valence-corrected chi connectivity index (χ2v) is 13.9. The van der Waals surface area contributed by atoms with Gasteiger partial charge in [0.1, 0.15) is 5.70 Å². The van der Waals surface area contributed by atoms with Crippen LogP contribution < -0.4 is 16.0 Å². The van der Waals surface area contributed by atoms with E-state index < -0.39 is 11.8 Å². The topological polar surface area (TPSA) is 100 Å². The van der Waals surface area contributed by atoms with Gasteiger partial charge >= 0.3 is 0 Å². The van der Waals surface area contributed by atoms with Crippen LogP contribution in [0.15, 0.2) is 128 Å². The van der Waals surface area contributed by atoms with Gasteiger partial charge < -0.3 is 16.0 Å². The van der Waals surface area contributed by atoms with E-state index in [0.717, 1.165) is 30.7 Å². The van der Waals surface area contributed by atoms with Gasteiger partial charge in [0, 0.05) is 36.0 Å². The summed E-state index contributed by atoms with van der Waals surface area (Å²) in [5, 5.41) is 10.7. The summed E-state index contributed by atoms with van der Waals surface area (Å²) in [6, 6.07) is 31.2. The highest BCUT2D eigenvalue weighted by Gasteiger charge is 2.20. The number of carbonyl (C=O) groups is 3. The summed E-state index contributed by atoms with van der Waals surface area (Å²) < 4.78 is 1.83. The number of thioether (sulfide) groups is 1. The van der Waals surface area contributed by atoms with Crippen LogP contribution in [-0.4, -0.2) is 28.0 Å². The molecule has 0 aliphatic carbocycles. The zero-order valence-corrected chi connectivity index (χ0v) is 29.3. The van der Waals surface area contributed by atoms with Crippen LogP contribution in [0.3, 0.4) is 0 Å². The first-order valence-corrected chi connectivity index (χ1v) is 17.6. The van der Waals surface area contributed by atoms with Crippen molar-refractivity contribution < 1.29 is 14.4 Å². The minimum absolute atomic E-state index is 0.0850. The number of halogens is 2. The Balaban J connectivity index is 1.27. The lowest BCUT2D eigenvalue weighted by molar-refractivity contribution is -0.116. The van der Waals surface area contributed by atoms with E-state index in [9.17, 15) is 14.4 Å². The summed E-state index contributed by atoms with van der Waals surface area (Å²) in [6.45, 7) is 1.95. The van der Waals surface area contributed by atoms with Gasteiger partial charge in [0.25, 0.3) is 11.8 Å². The first-order chi connectivity index (χ1) is 22.3. The molecule has 0 saturated carbocycles. The van der Waals surface area contributed by atoms with Gasteiger partial charge in [-0.15, -0.1) is 23.1 Å². The van der Waals surface area contributed by atoms with Gasteiger partial charge in [-0.05, 0) is 72.7 Å². The maximum atomic E-state index is 13.5. The molecule has 1 heterocycles. The maximum Gasteiger partial charge on any atom is 0.272 e. The third kappa shape index (κ3) is 9.26. The Morgan fingerprint density at radius 1 is 0.870 bits per heavy atom. The number of amides is 3. The molecule has 11 heteroatoms. The van der Waals surface area contributed by atoms with Gasteiger partial charge in [-0.3, -0.25) is 14.4 Å². The highest BCUT2D eigenvalue weighted by Crippen LogP contribution is 2.30. The Kier molecular flexibility index (Phi) is 11.6. The van der Waals surface area contributed by atoms with Gasteiger partial charge in [-0.2, -0.15) is 0 Å². The second kappa shape index (κ2) is 16.0. The predicted molar refractivity (Wildman–Crippen MR) is 195 cm³/mol. The van der Waals surface area contributed by atoms with Gasteiger partial charge in [0.15, 0.2) is 5.13 Å². The monoisotopic (exact) mass is 774 g/mol. The van der Waals surface area contributed by atoms with Gasteiger partial charge in [-0.25, -0.2) is 4.98 Å². The first-order valence-electron chi connectivity index (χ1n) is 14.2. The van der Waals surface area contributed by atoms with E-state index in [0.29, 0.717) is 22.8 Å². The molecule has 0 radical (unpaired) electrons. The molecule has 0 fully saturated rings. The quantitative estimate of drug-likeness (QED) is 0.0918. The summed E-state index contributed by atoms with van der Waals surface area (Å²) in [7, 11) is 0. The van der Waals surface area contributed by atoms with Gasteiger partial charge in [-0.1, -0.05) is 87.3 Å². The molecule has 3 amide bonds. The van der Waals surface area contributed by atoms with Gasteiger partial charge in [0.05, 0.1) is 10.9 Å². The number of rotatable bonds is 11. The molecule has 3 N–H and O–H groups in total. The number of carbonyl (C=O) groups excluding carboxylic acids is 3. The number of hydrogen-bond donors (Lipinski definition) is 3. The van der Waals surface area contributed by atoms with Crippen molar-refractivity contribution in [3.63, 3.8) is 0 Å². The Morgan fingerprint density at radius 3 is 2.37 bits per heavy atom. The first kappa shape index (κ1) is 33.3. The van der Waals surface area contributed by atoms with Crippen molar-refractivity contribution in [2.24, 2.45) is 0 Å². The number of anilines is 2. The Labute approximate surface area is 292 Å². The number of benzene rings is 4. The lowest BCUT2D eigenvalue weighted by atomic mass is 10.1. The molecular formula is C35H28Br2N4O3S2. The summed E-state index contributed by atoms with van der Waals surface area (Å²) >= 11 is 9.67. The number of aromatic nitrogens is 1. The molecule has 0 bridgehead atoms. The van der Waals surface area contributed by atoms with E-state index >= 15 is 0 Å². The molecule has 7 nitrogen and oxygen atoms in total. The third-order valence-electron chi connectivity index (χ3n) is 6.60. The Morgan fingerprint density at radius 2 is 1.63 bits per heavy atom. The van der Waals surface area contributed by atoms with Crippen LogP contribution in [-0.2, 0) is 9.59 Å². The minimum Gasteiger partial charge on any atom is -0.321 e. The average molecular weight is 777 g/mol. The third-order valence-corrected chi connectivity index (χ3v) is 9.73. The molecule has 5 aromatic rings. The van der Waals surface area contributed by atoms with E-state index in [1.165, 1.54) is 23.1 Å². The normalized spacial score (nSPS) is 11.8. The second-order valence-electron chi connectivity index (χ2n) is 9.96. The van der Waals surface area contributed by atoms with Crippen LogP contribution in [0, 0.1) is 0 Å². The zero-order valence-electron chi connectivity index (χ0n) is 24.5. The molecule has 1 aromatic heterocycles. The van der Waals surface area contributed by atoms with E-state index in [1.807, 2.05) is 85.1 Å². The molecule has 1 atom stereocenters. The average Bonchev–Trinajstić information content (AvgIpc) is 3.52. The highest BCUT2D eigenvalue weighted by molar-refractivity contribution is 9.10. The van der Waals surface area contributed by atoms with Crippen LogP contribution in [0.4, 0.5) is 10.8 Å². The van der Waals surface area contributed by atoms with E-state index in [4.69, 9.17) is 0 Å². The summed E-state index contributed by atoms with van der Waals surface area (Å²) in [4.78, 5) is 45.1. The fourth-order valence-corrected chi connectivity index (χ4v) is 6.73. The van der Waals surface area contributed by atoms with Crippen molar-refractivity contribution in [1.82, 2.24) is 10.3 Å². The van der Waals surface area contributed by atoms with Crippen molar-refractivity contribution in [3.8, 4) is 11.3 Å². The van der Waals surface area contributed by atoms with E-state index in [-0.39, 0.29) is 16.9 Å². The van der Waals surface area contributed by atoms with Crippen molar-refractivity contribution in [2.45, 2.75) is 23.5 Å². The fraction of sp³-hybridized carbons (Fsp3) is 0.0857. The van der Waals surface area contributed by atoms with Crippen molar-refractivity contribution >= 4 is 89.6 Å². The van der Waals surface area contributed by atoms with Crippen molar-refractivity contribution in [2.75, 3.05) is 10.6 Å². The molecule has 5 rings (SSSR count). The van der Waals surface area contributed by atoms with E-state index in [2.05, 4.69) is 52.8 Å². The van der Waals surface area contributed by atoms with Crippen LogP contribution in [0.1, 0.15) is 29.3 Å². The number of thiazole rings is 1. The summed E-state index contributed by atoms with van der Waals surface area (Å²) in [5.41, 5.74) is 3.54. The number of nitrogens with one attached hydrogen (secondary N) is 3. The Bertz CT molecular complexity index is 1880. The predicted octanol–water partition coefficient (Wildman–Crippen LogP) is 9.25. The molecular weight excluding hydrogens is 748 g/mol. The van der Waals surface area contributed by atoms with E-state index in [1.54, 1.807) is 36.4 Å². The Hall–Kier alpha value is -4.03. The number of nitrogens with zero attached hydrogens (tertiary/aromatic N) is 1. The lowest BCUT2D eigenvalue weighted by Gasteiger charge is -2.15. The summed E-state index contributed by atoms with van der Waals surface area (Å²) in [5.74, 6) is -1.04. The van der Waals surface area contributed by atoms with Crippen LogP contribution >= 0.6 is 55.0 Å². The lowest BCUT2D eigenvalue weighted by Crippen LogP contribution is -2.30. The smallest absolute Gasteiger partial charge is 0.272 e. The molecule has 0 saturated heterocycles. The SMILES string of the molecule is CCC(Sc1cccc(NC(=O)/C(=C\c2cccc(Br)c2)NC(=O)c2ccccc2)c1)C(=O)Nc1nc(-c2ccc(Br)cc2)cs1. The molecule has 4 aromatic carbocycles. The molecule has 0 spiro atoms. The standard InChI is InChI=1S/C35H28Br2N4O3S2/c1-2-31(34(44)41-35-40-30(21-45-35)23-14-16-25(36)17-15-23)46-28-13-7-12-27(20-28)38-33(43)29(19-22-8-6-11-26(37)18-22)39-32(42)24-9-4-3-5-10-24/h3-21,31H,2H2,1H3,(H,38,43)(H,39,42)(H,40,41,44)/b29-19+. The maximum absolute atomic E-state index is 13.5. The van der Waals surface area contributed by atoms with Crippen molar-refractivity contribution in [1.29, 1.82) is 0 Å². The molecule has 0 aliphatic heterocycles. The molecule has 0 aliphatic rings. The number of hydrogen-bond acceptors (Lipinski definition) is 6. The van der Waals surface area contributed by atoms with Crippen LogP contribution in [0.2, 0.25) is 0 Å². The van der Waals surface area contributed by atoms with Crippen LogP contribution in [0.25, 0.3) is 17.3 Å². The summed E-state index contributed by atoms with van der Waals surface area (Å²) in [6.07, 6.45) is 2.21. The molecule has 232 valence electrons.